The van der Waals surface area contributed by atoms with Crippen molar-refractivity contribution in [1.82, 2.24) is 30.6 Å². The quantitative estimate of drug-likeness (QED) is 0.269. The van der Waals surface area contributed by atoms with Gasteiger partial charge in [0, 0.05) is 56.8 Å². The van der Waals surface area contributed by atoms with Crippen LogP contribution in [0.4, 0.5) is 0 Å². The molecule has 3 N–H and O–H groups in total. The lowest BCUT2D eigenvalue weighted by molar-refractivity contribution is -0.140. The lowest BCUT2D eigenvalue weighted by Gasteiger charge is -2.21. The van der Waals surface area contributed by atoms with Crippen LogP contribution in [0.25, 0.3) is 0 Å². The Morgan fingerprint density at radius 2 is 1.42 bits per heavy atom. The van der Waals surface area contributed by atoms with Gasteiger partial charge in [-0.2, -0.15) is 0 Å². The summed E-state index contributed by atoms with van der Waals surface area (Å²) in [5.41, 5.74) is 0.549. The van der Waals surface area contributed by atoms with Crippen molar-refractivity contribution in [2.45, 2.75) is 56.2 Å². The van der Waals surface area contributed by atoms with Gasteiger partial charge < -0.3 is 15.7 Å². The second-order valence-electron chi connectivity index (χ2n) is 8.29. The molecule has 2 unspecified atom stereocenters. The first kappa shape index (κ1) is 30.8. The number of ketones is 2. The van der Waals surface area contributed by atoms with Gasteiger partial charge in [0.15, 0.2) is 5.78 Å². The molecule has 0 spiro atoms. The molecule has 38 heavy (non-hydrogen) atoms. The molecule has 204 valence electrons. The SMILES string of the molecule is CC(=O)N[C@@H](CSC(CC(=O)CC(SC[C@H](NC(C)=O)C(=O)O)c1ccncn1)c1ncccn1)C(C)=O. The molecule has 0 radical (unpaired) electrons. The highest BCUT2D eigenvalue weighted by Gasteiger charge is 2.27. The molecule has 0 fully saturated rings. The number of amides is 2. The molecule has 0 bridgehead atoms. The number of hydrogen-bond donors (Lipinski definition) is 3. The highest BCUT2D eigenvalue weighted by Crippen LogP contribution is 2.35. The Labute approximate surface area is 228 Å². The minimum Gasteiger partial charge on any atom is -0.480 e. The maximum absolute atomic E-state index is 13.3. The van der Waals surface area contributed by atoms with E-state index < -0.39 is 34.5 Å². The lowest BCUT2D eigenvalue weighted by Crippen LogP contribution is -2.41. The molecule has 14 heteroatoms. The van der Waals surface area contributed by atoms with Crippen LogP contribution >= 0.6 is 23.5 Å². The van der Waals surface area contributed by atoms with Crippen molar-refractivity contribution in [3.05, 3.63) is 48.6 Å². The third-order valence-electron chi connectivity index (χ3n) is 5.11. The first-order valence-corrected chi connectivity index (χ1v) is 13.7. The van der Waals surface area contributed by atoms with Gasteiger partial charge in [0.2, 0.25) is 11.8 Å². The normalized spacial score (nSPS) is 14.0. The Hall–Kier alpha value is -3.39. The Balaban J connectivity index is 2.17. The van der Waals surface area contributed by atoms with E-state index in [-0.39, 0.29) is 41.8 Å². The number of thioether (sulfide) groups is 2. The average Bonchev–Trinajstić information content (AvgIpc) is 2.87. The average molecular weight is 563 g/mol. The molecule has 12 nitrogen and oxygen atoms in total. The van der Waals surface area contributed by atoms with Crippen LogP contribution in [0.1, 0.15) is 55.6 Å². The van der Waals surface area contributed by atoms with Crippen molar-refractivity contribution in [1.29, 1.82) is 0 Å². The minimum absolute atomic E-state index is 0.0217. The van der Waals surface area contributed by atoms with Crippen LogP contribution in [0.15, 0.2) is 37.1 Å². The van der Waals surface area contributed by atoms with Crippen molar-refractivity contribution in [2.75, 3.05) is 11.5 Å². The highest BCUT2D eigenvalue weighted by atomic mass is 32.2. The molecular weight excluding hydrogens is 532 g/mol. The number of nitrogens with one attached hydrogen (secondary N) is 2. The van der Waals surface area contributed by atoms with E-state index in [9.17, 15) is 29.1 Å². The largest absolute Gasteiger partial charge is 0.480 e. The van der Waals surface area contributed by atoms with E-state index in [1.54, 1.807) is 24.5 Å². The fourth-order valence-electron chi connectivity index (χ4n) is 3.29. The van der Waals surface area contributed by atoms with Gasteiger partial charge in [0.1, 0.15) is 24.0 Å². The molecule has 2 aromatic heterocycles. The summed E-state index contributed by atoms with van der Waals surface area (Å²) in [6.07, 6.45) is 6.06. The molecule has 2 aromatic rings. The number of carboxylic acids is 1. The van der Waals surface area contributed by atoms with Gasteiger partial charge in [-0.15, -0.1) is 23.5 Å². The molecule has 4 atom stereocenters. The fraction of sp³-hybridized carbons (Fsp3) is 0.458. The van der Waals surface area contributed by atoms with Crippen molar-refractivity contribution in [2.24, 2.45) is 0 Å². The van der Waals surface area contributed by atoms with E-state index in [1.807, 2.05) is 0 Å². The lowest BCUT2D eigenvalue weighted by atomic mass is 10.1. The van der Waals surface area contributed by atoms with Crippen LogP contribution in [0.5, 0.6) is 0 Å². The number of nitrogens with zero attached hydrogens (tertiary/aromatic N) is 4. The van der Waals surface area contributed by atoms with E-state index in [0.29, 0.717) is 11.5 Å². The summed E-state index contributed by atoms with van der Waals surface area (Å²) in [5.74, 6) is -1.69. The molecule has 0 aromatic carbocycles. The second kappa shape index (κ2) is 15.8. The van der Waals surface area contributed by atoms with Crippen LogP contribution < -0.4 is 10.6 Å². The Morgan fingerprint density at radius 3 is 1.97 bits per heavy atom. The summed E-state index contributed by atoms with van der Waals surface area (Å²) in [7, 11) is 0. The zero-order valence-corrected chi connectivity index (χ0v) is 22.8. The topological polar surface area (TPSA) is 181 Å². The Bertz CT molecular complexity index is 1020. The zero-order valence-electron chi connectivity index (χ0n) is 21.2. The van der Waals surface area contributed by atoms with Crippen molar-refractivity contribution in [3.63, 3.8) is 0 Å². The first-order chi connectivity index (χ1) is 18.1. The van der Waals surface area contributed by atoms with E-state index in [2.05, 4.69) is 30.6 Å². The predicted octanol–water partition coefficient (Wildman–Crippen LogP) is 1.55. The summed E-state index contributed by atoms with van der Waals surface area (Å²) in [6.45, 7) is 3.95. The van der Waals surface area contributed by atoms with E-state index in [4.69, 9.17) is 0 Å². The first-order valence-electron chi connectivity index (χ1n) is 11.6. The van der Waals surface area contributed by atoms with Gasteiger partial charge in [-0.1, -0.05) is 0 Å². The van der Waals surface area contributed by atoms with Gasteiger partial charge >= 0.3 is 5.97 Å². The van der Waals surface area contributed by atoms with Crippen LogP contribution in [0.2, 0.25) is 0 Å². The summed E-state index contributed by atoms with van der Waals surface area (Å²) >= 11 is 2.49. The number of rotatable bonds is 16. The van der Waals surface area contributed by atoms with Crippen molar-refractivity contribution in [3.8, 4) is 0 Å². The fourth-order valence-corrected chi connectivity index (χ4v) is 5.87. The maximum Gasteiger partial charge on any atom is 0.327 e. The van der Waals surface area contributed by atoms with E-state index >= 15 is 0 Å². The Kier molecular flexibility index (Phi) is 12.8. The molecule has 2 heterocycles. The zero-order chi connectivity index (χ0) is 28.1. The van der Waals surface area contributed by atoms with Gasteiger partial charge in [-0.05, 0) is 19.1 Å². The molecular formula is C24H30N6O6S2. The number of hydrogen-bond acceptors (Lipinski definition) is 11. The molecule has 0 saturated carbocycles. The number of carboxylic acid groups (broad SMARTS) is 1. The van der Waals surface area contributed by atoms with Gasteiger partial charge in [0.25, 0.3) is 0 Å². The third-order valence-corrected chi connectivity index (χ3v) is 7.75. The van der Waals surface area contributed by atoms with Crippen LogP contribution in [0, 0.1) is 0 Å². The molecule has 2 amide bonds. The number of Topliss-reactive ketones (excluding diaryl/α,β-unsaturated/α-hetero) is 2. The van der Waals surface area contributed by atoms with E-state index in [0.717, 1.165) is 0 Å². The monoisotopic (exact) mass is 562 g/mol. The number of carbonyl (C=O) groups is 5. The summed E-state index contributed by atoms with van der Waals surface area (Å²) in [6, 6.07) is 1.45. The molecule has 2 rings (SSSR count). The van der Waals surface area contributed by atoms with Crippen molar-refractivity contribution < 1.29 is 29.1 Å². The van der Waals surface area contributed by atoms with Gasteiger partial charge in [-0.3, -0.25) is 19.2 Å². The third kappa shape index (κ3) is 10.9. The Morgan fingerprint density at radius 1 is 0.842 bits per heavy atom. The molecule has 0 aliphatic rings. The highest BCUT2D eigenvalue weighted by molar-refractivity contribution is 7.99. The number of aliphatic carboxylic acids is 1. The standard InChI is InChI=1S/C24H30N6O6S2/c1-14(31)19(29-15(2)32)11-38-22(23-26-6-4-7-27-23)10-17(34)9-21(18-5-8-25-13-28-18)37-12-20(24(35)36)30-16(3)33/h4-8,13,19-22H,9-12H2,1-3H3,(H,29,32)(H,30,33)(H,35,36)/t19-,20-,21?,22?/m0/s1. The summed E-state index contributed by atoms with van der Waals surface area (Å²) in [5, 5.41) is 13.5. The minimum atomic E-state index is -1.18. The van der Waals surface area contributed by atoms with Gasteiger partial charge in [-0.25, -0.2) is 24.7 Å². The smallest absolute Gasteiger partial charge is 0.327 e. The number of aromatic nitrogens is 4. The summed E-state index contributed by atoms with van der Waals surface area (Å²) in [4.78, 5) is 76.4. The predicted molar refractivity (Wildman–Crippen MR) is 142 cm³/mol. The van der Waals surface area contributed by atoms with Gasteiger partial charge in [0.05, 0.1) is 22.2 Å². The van der Waals surface area contributed by atoms with Crippen LogP contribution in [0.3, 0.4) is 0 Å². The van der Waals surface area contributed by atoms with Crippen molar-refractivity contribution >= 4 is 52.9 Å². The summed E-state index contributed by atoms with van der Waals surface area (Å²) < 4.78 is 0. The number of carbonyl (C=O) groups excluding carboxylic acids is 4. The molecule has 0 saturated heterocycles. The van der Waals surface area contributed by atoms with Crippen LogP contribution in [-0.2, 0) is 24.0 Å². The second-order valence-corrected chi connectivity index (χ2v) is 10.8. The molecule has 0 aliphatic heterocycles. The molecule has 0 aliphatic carbocycles. The van der Waals surface area contributed by atoms with Crippen LogP contribution in [-0.4, -0.2) is 78.0 Å². The van der Waals surface area contributed by atoms with E-state index in [1.165, 1.54) is 56.8 Å². The maximum atomic E-state index is 13.3.